The van der Waals surface area contributed by atoms with Gasteiger partial charge in [-0.2, -0.15) is 0 Å². The Morgan fingerprint density at radius 2 is 2.25 bits per heavy atom. The van der Waals surface area contributed by atoms with Crippen LogP contribution in [0.15, 0.2) is 18.2 Å². The van der Waals surface area contributed by atoms with Crippen LogP contribution in [0.4, 0.5) is 11.4 Å². The van der Waals surface area contributed by atoms with E-state index in [0.29, 0.717) is 17.2 Å². The maximum absolute atomic E-state index is 10.9. The number of nitrogens with two attached hydrogens (primary N) is 1. The molecule has 90 valence electrons. The number of anilines is 2. The highest BCUT2D eigenvalue weighted by atomic mass is 32.2. The minimum atomic E-state index is -0.731. The molecule has 0 saturated carbocycles. The van der Waals surface area contributed by atoms with Crippen LogP contribution in [0.1, 0.15) is 6.42 Å². The van der Waals surface area contributed by atoms with Gasteiger partial charge in [-0.15, -0.1) is 0 Å². The van der Waals surface area contributed by atoms with Gasteiger partial charge in [-0.25, -0.2) is 0 Å². The number of benzene rings is 1. The smallest absolute Gasteiger partial charge is 0.143 e. The molecule has 0 saturated heterocycles. The van der Waals surface area contributed by atoms with E-state index in [1.807, 2.05) is 18.2 Å². The highest BCUT2D eigenvalue weighted by Crippen LogP contribution is 2.28. The second kappa shape index (κ2) is 6.37. The maximum atomic E-state index is 10.9. The Morgan fingerprint density at radius 3 is 2.88 bits per heavy atom. The number of nitrogens with one attached hydrogen (secondary N) is 1. The Morgan fingerprint density at radius 1 is 1.50 bits per heavy atom. The molecule has 1 unspecified atom stereocenters. The number of hydrogen-bond donors (Lipinski definition) is 2. The molecule has 0 fully saturated rings. The van der Waals surface area contributed by atoms with E-state index in [1.165, 1.54) is 0 Å². The van der Waals surface area contributed by atoms with E-state index in [1.54, 1.807) is 13.4 Å². The first-order valence-corrected chi connectivity index (χ1v) is 6.84. The van der Waals surface area contributed by atoms with Crippen molar-refractivity contribution in [1.82, 2.24) is 0 Å². The Hall–Kier alpha value is -1.23. The average Bonchev–Trinajstić information content (AvgIpc) is 2.26. The van der Waals surface area contributed by atoms with Crippen molar-refractivity contribution < 1.29 is 8.95 Å². The molecule has 4 nitrogen and oxygen atoms in total. The molecule has 5 heteroatoms. The van der Waals surface area contributed by atoms with Crippen LogP contribution in [0, 0.1) is 0 Å². The second-order valence-electron chi connectivity index (χ2n) is 3.48. The number of hydrogen-bond acceptors (Lipinski definition) is 4. The Kier molecular flexibility index (Phi) is 5.11. The van der Waals surface area contributed by atoms with Crippen LogP contribution in [0.3, 0.4) is 0 Å². The van der Waals surface area contributed by atoms with Gasteiger partial charge in [0.05, 0.1) is 18.5 Å². The number of ether oxygens (including phenoxy) is 1. The normalized spacial score (nSPS) is 12.1. The Labute approximate surface area is 98.6 Å². The molecule has 0 spiro atoms. The summed E-state index contributed by atoms with van der Waals surface area (Å²) < 4.78 is 16.0. The molecule has 0 bridgehead atoms. The number of methoxy groups -OCH3 is 1. The Balaban J connectivity index is 2.50. The van der Waals surface area contributed by atoms with Gasteiger partial charge < -0.3 is 15.8 Å². The molecule has 0 aliphatic rings. The summed E-state index contributed by atoms with van der Waals surface area (Å²) in [6.45, 7) is 0.761. The van der Waals surface area contributed by atoms with Crippen LogP contribution in [0.25, 0.3) is 0 Å². The summed E-state index contributed by atoms with van der Waals surface area (Å²) in [5.41, 5.74) is 7.36. The first kappa shape index (κ1) is 12.8. The minimum Gasteiger partial charge on any atom is -0.495 e. The van der Waals surface area contributed by atoms with Gasteiger partial charge in [0.25, 0.3) is 0 Å². The standard InChI is InChI=1S/C11H18N2O2S/c1-15-10-6-3-5-9(11(10)12)13-7-4-8-16(2)14/h3,5-6,13H,4,7-8,12H2,1-2H3. The summed E-state index contributed by atoms with van der Waals surface area (Å²) in [4.78, 5) is 0. The summed E-state index contributed by atoms with van der Waals surface area (Å²) in [7, 11) is 0.862. The van der Waals surface area contributed by atoms with Gasteiger partial charge in [0, 0.05) is 29.4 Å². The lowest BCUT2D eigenvalue weighted by atomic mass is 10.2. The van der Waals surface area contributed by atoms with E-state index in [4.69, 9.17) is 10.5 Å². The summed E-state index contributed by atoms with van der Waals surface area (Å²) in [5, 5.41) is 3.20. The summed E-state index contributed by atoms with van der Waals surface area (Å²) >= 11 is 0. The van der Waals surface area contributed by atoms with Crippen LogP contribution in [-0.4, -0.2) is 29.9 Å². The lowest BCUT2D eigenvalue weighted by molar-refractivity contribution is 0.417. The van der Waals surface area contributed by atoms with Gasteiger partial charge in [0.15, 0.2) is 0 Å². The summed E-state index contributed by atoms with van der Waals surface area (Å²) in [6.07, 6.45) is 2.57. The molecule has 1 atom stereocenters. The van der Waals surface area contributed by atoms with Gasteiger partial charge in [-0.05, 0) is 18.6 Å². The van der Waals surface area contributed by atoms with Crippen molar-refractivity contribution in [2.45, 2.75) is 6.42 Å². The van der Waals surface area contributed by atoms with Gasteiger partial charge in [0.1, 0.15) is 5.75 Å². The fourth-order valence-corrected chi connectivity index (χ4v) is 1.93. The number of rotatable bonds is 6. The van der Waals surface area contributed by atoms with E-state index in [2.05, 4.69) is 5.32 Å². The zero-order valence-electron chi connectivity index (χ0n) is 9.66. The fourth-order valence-electron chi connectivity index (χ4n) is 1.37. The lowest BCUT2D eigenvalue weighted by Crippen LogP contribution is -2.08. The SMILES string of the molecule is COc1cccc(NCCCS(C)=O)c1N. The van der Waals surface area contributed by atoms with Gasteiger partial charge in [-0.1, -0.05) is 6.07 Å². The monoisotopic (exact) mass is 242 g/mol. The number of para-hydroxylation sites is 1. The van der Waals surface area contributed by atoms with E-state index < -0.39 is 10.8 Å². The highest BCUT2D eigenvalue weighted by molar-refractivity contribution is 7.84. The predicted molar refractivity (Wildman–Crippen MR) is 69.4 cm³/mol. The topological polar surface area (TPSA) is 64.3 Å². The minimum absolute atomic E-state index is 0.614. The van der Waals surface area contributed by atoms with Crippen LogP contribution in [-0.2, 0) is 10.8 Å². The van der Waals surface area contributed by atoms with Crippen LogP contribution in [0.5, 0.6) is 5.75 Å². The average molecular weight is 242 g/mol. The molecule has 1 rings (SSSR count). The molecule has 0 heterocycles. The third-order valence-electron chi connectivity index (χ3n) is 2.21. The molecule has 0 radical (unpaired) electrons. The lowest BCUT2D eigenvalue weighted by Gasteiger charge is -2.11. The van der Waals surface area contributed by atoms with Crippen molar-refractivity contribution in [2.75, 3.05) is 36.7 Å². The third-order valence-corrected chi connectivity index (χ3v) is 3.07. The second-order valence-corrected chi connectivity index (χ2v) is 5.03. The van der Waals surface area contributed by atoms with Crippen LogP contribution in [0.2, 0.25) is 0 Å². The molecule has 16 heavy (non-hydrogen) atoms. The van der Waals surface area contributed by atoms with Gasteiger partial charge in [0.2, 0.25) is 0 Å². The molecule has 0 aliphatic heterocycles. The van der Waals surface area contributed by atoms with Crippen molar-refractivity contribution in [1.29, 1.82) is 0 Å². The van der Waals surface area contributed by atoms with E-state index in [0.717, 1.165) is 18.7 Å². The van der Waals surface area contributed by atoms with E-state index in [9.17, 15) is 4.21 Å². The van der Waals surface area contributed by atoms with Crippen LogP contribution < -0.4 is 15.8 Å². The molecule has 1 aromatic carbocycles. The van der Waals surface area contributed by atoms with Gasteiger partial charge in [-0.3, -0.25) is 4.21 Å². The number of nitrogen functional groups attached to an aromatic ring is 1. The zero-order valence-corrected chi connectivity index (χ0v) is 10.5. The molecular weight excluding hydrogens is 224 g/mol. The van der Waals surface area contributed by atoms with Crippen LogP contribution >= 0.6 is 0 Å². The molecule has 3 N–H and O–H groups in total. The summed E-state index contributed by atoms with van der Waals surface area (Å²) in [6, 6.07) is 5.61. The molecular formula is C11H18N2O2S. The first-order chi connectivity index (χ1) is 7.65. The Bertz CT molecular complexity index is 369. The summed E-state index contributed by atoms with van der Waals surface area (Å²) in [5.74, 6) is 1.38. The molecule has 0 aromatic heterocycles. The van der Waals surface area contributed by atoms with E-state index >= 15 is 0 Å². The van der Waals surface area contributed by atoms with Crippen molar-refractivity contribution in [3.63, 3.8) is 0 Å². The molecule has 0 aliphatic carbocycles. The predicted octanol–water partition coefficient (Wildman–Crippen LogP) is 1.46. The quantitative estimate of drug-likeness (QED) is 0.585. The third kappa shape index (κ3) is 3.73. The fraction of sp³-hybridized carbons (Fsp3) is 0.455. The first-order valence-electron chi connectivity index (χ1n) is 5.11. The van der Waals surface area contributed by atoms with Crippen molar-refractivity contribution in [2.24, 2.45) is 0 Å². The maximum Gasteiger partial charge on any atom is 0.143 e. The zero-order chi connectivity index (χ0) is 12.0. The molecule has 1 aromatic rings. The highest BCUT2D eigenvalue weighted by Gasteiger charge is 2.03. The van der Waals surface area contributed by atoms with Crippen molar-refractivity contribution in [3.8, 4) is 5.75 Å². The van der Waals surface area contributed by atoms with E-state index in [-0.39, 0.29) is 0 Å². The molecule has 0 amide bonds. The largest absolute Gasteiger partial charge is 0.495 e. The van der Waals surface area contributed by atoms with Gasteiger partial charge >= 0.3 is 0 Å². The van der Waals surface area contributed by atoms with Crippen molar-refractivity contribution in [3.05, 3.63) is 18.2 Å². The van der Waals surface area contributed by atoms with Crippen molar-refractivity contribution >= 4 is 22.2 Å².